The molecule has 1 aromatic carbocycles. The second kappa shape index (κ2) is 5.71. The number of hydrogen-bond donors (Lipinski definition) is 3. The molecule has 2 aromatic rings. The van der Waals surface area contributed by atoms with Crippen molar-refractivity contribution in [2.75, 3.05) is 6.54 Å². The van der Waals surface area contributed by atoms with Crippen molar-refractivity contribution in [3.8, 4) is 0 Å². The zero-order valence-corrected chi connectivity index (χ0v) is 10.7. The number of rotatable bonds is 5. The fraction of sp³-hybridized carbons (Fsp3) is 0.385. The van der Waals surface area contributed by atoms with Crippen molar-refractivity contribution in [2.45, 2.75) is 19.9 Å². The summed E-state index contributed by atoms with van der Waals surface area (Å²) in [7, 11) is 0. The van der Waals surface area contributed by atoms with Gasteiger partial charge in [0.25, 0.3) is 0 Å². The molecule has 1 unspecified atom stereocenters. The SMILES string of the molecule is CC(CCN)C(=O)NCc1ccc2oc(=O)[nH]c2c1. The van der Waals surface area contributed by atoms with Gasteiger partial charge in [-0.25, -0.2) is 4.79 Å². The Morgan fingerprint density at radius 3 is 3.05 bits per heavy atom. The van der Waals surface area contributed by atoms with E-state index in [0.29, 0.717) is 30.6 Å². The van der Waals surface area contributed by atoms with Crippen LogP contribution in [-0.4, -0.2) is 17.4 Å². The maximum atomic E-state index is 11.7. The molecule has 0 aliphatic carbocycles. The minimum Gasteiger partial charge on any atom is -0.408 e. The second-order valence-corrected chi connectivity index (χ2v) is 4.54. The summed E-state index contributed by atoms with van der Waals surface area (Å²) in [5.74, 6) is -0.596. The number of nitrogens with two attached hydrogens (primary N) is 1. The molecule has 1 amide bonds. The van der Waals surface area contributed by atoms with Gasteiger partial charge in [-0.2, -0.15) is 0 Å². The maximum Gasteiger partial charge on any atom is 0.417 e. The van der Waals surface area contributed by atoms with Gasteiger partial charge in [0.05, 0.1) is 5.52 Å². The van der Waals surface area contributed by atoms with E-state index in [2.05, 4.69) is 10.3 Å². The van der Waals surface area contributed by atoms with E-state index < -0.39 is 5.76 Å². The fourth-order valence-electron chi connectivity index (χ4n) is 1.85. The molecular formula is C13H17N3O3. The van der Waals surface area contributed by atoms with Crippen molar-refractivity contribution in [3.05, 3.63) is 34.3 Å². The molecule has 0 aliphatic rings. The van der Waals surface area contributed by atoms with E-state index in [0.717, 1.165) is 5.56 Å². The number of nitrogens with one attached hydrogen (secondary N) is 2. The predicted molar refractivity (Wildman–Crippen MR) is 71.5 cm³/mol. The van der Waals surface area contributed by atoms with E-state index in [1.807, 2.05) is 13.0 Å². The molecule has 1 heterocycles. The normalized spacial score (nSPS) is 12.5. The number of benzene rings is 1. The number of fused-ring (bicyclic) bond motifs is 1. The van der Waals surface area contributed by atoms with Gasteiger partial charge in [-0.05, 0) is 30.7 Å². The summed E-state index contributed by atoms with van der Waals surface area (Å²) in [6.07, 6.45) is 0.667. The number of carbonyl (C=O) groups is 1. The Morgan fingerprint density at radius 2 is 2.32 bits per heavy atom. The van der Waals surface area contributed by atoms with Gasteiger partial charge in [-0.15, -0.1) is 0 Å². The molecule has 0 aliphatic heterocycles. The molecule has 0 radical (unpaired) electrons. The van der Waals surface area contributed by atoms with E-state index in [4.69, 9.17) is 10.2 Å². The minimum absolute atomic E-state index is 0.0220. The van der Waals surface area contributed by atoms with E-state index >= 15 is 0 Å². The highest BCUT2D eigenvalue weighted by Crippen LogP contribution is 2.12. The van der Waals surface area contributed by atoms with Gasteiger partial charge in [0.1, 0.15) is 0 Å². The third-order valence-corrected chi connectivity index (χ3v) is 3.00. The van der Waals surface area contributed by atoms with E-state index in [-0.39, 0.29) is 11.8 Å². The molecule has 6 nitrogen and oxygen atoms in total. The van der Waals surface area contributed by atoms with Crippen LogP contribution in [0.15, 0.2) is 27.4 Å². The Hall–Kier alpha value is -2.08. The molecule has 2 rings (SSSR count). The van der Waals surface area contributed by atoms with Gasteiger partial charge in [-0.1, -0.05) is 13.0 Å². The van der Waals surface area contributed by atoms with Crippen LogP contribution in [0.5, 0.6) is 0 Å². The molecule has 0 saturated carbocycles. The summed E-state index contributed by atoms with van der Waals surface area (Å²) in [5.41, 5.74) is 7.46. The lowest BCUT2D eigenvalue weighted by Crippen LogP contribution is -2.29. The molecule has 4 N–H and O–H groups in total. The quantitative estimate of drug-likeness (QED) is 0.739. The second-order valence-electron chi connectivity index (χ2n) is 4.54. The molecule has 0 saturated heterocycles. The topological polar surface area (TPSA) is 101 Å². The van der Waals surface area contributed by atoms with Crippen LogP contribution in [0.1, 0.15) is 18.9 Å². The van der Waals surface area contributed by atoms with Gasteiger partial charge in [-0.3, -0.25) is 9.78 Å². The van der Waals surface area contributed by atoms with Crippen molar-refractivity contribution in [1.29, 1.82) is 0 Å². The average Bonchev–Trinajstić information content (AvgIpc) is 2.75. The Morgan fingerprint density at radius 1 is 1.53 bits per heavy atom. The van der Waals surface area contributed by atoms with Crippen molar-refractivity contribution in [3.63, 3.8) is 0 Å². The largest absolute Gasteiger partial charge is 0.417 e. The van der Waals surface area contributed by atoms with Crippen LogP contribution in [0.25, 0.3) is 11.1 Å². The molecule has 0 spiro atoms. The Balaban J connectivity index is 2.01. The number of hydrogen-bond acceptors (Lipinski definition) is 4. The van der Waals surface area contributed by atoms with E-state index in [9.17, 15) is 9.59 Å². The summed E-state index contributed by atoms with van der Waals surface area (Å²) >= 11 is 0. The van der Waals surface area contributed by atoms with Gasteiger partial charge in [0.15, 0.2) is 5.58 Å². The van der Waals surface area contributed by atoms with Crippen molar-refractivity contribution < 1.29 is 9.21 Å². The third kappa shape index (κ3) is 3.23. The summed E-state index contributed by atoms with van der Waals surface area (Å²) in [4.78, 5) is 25.3. The highest BCUT2D eigenvalue weighted by Gasteiger charge is 2.11. The maximum absolute atomic E-state index is 11.7. The predicted octanol–water partition coefficient (Wildman–Crippen LogP) is 0.722. The first-order valence-corrected chi connectivity index (χ1v) is 6.19. The first-order chi connectivity index (χ1) is 9.10. The van der Waals surface area contributed by atoms with Crippen LogP contribution < -0.4 is 16.8 Å². The zero-order chi connectivity index (χ0) is 13.8. The summed E-state index contributed by atoms with van der Waals surface area (Å²) < 4.78 is 4.91. The number of aromatic amines is 1. The molecule has 1 atom stereocenters. The Labute approximate surface area is 110 Å². The van der Waals surface area contributed by atoms with Crippen LogP contribution >= 0.6 is 0 Å². The molecule has 1 aromatic heterocycles. The first kappa shape index (κ1) is 13.4. The van der Waals surface area contributed by atoms with Gasteiger partial charge in [0, 0.05) is 12.5 Å². The summed E-state index contributed by atoms with van der Waals surface area (Å²) in [5, 5.41) is 2.84. The lowest BCUT2D eigenvalue weighted by molar-refractivity contribution is -0.124. The van der Waals surface area contributed by atoms with Crippen LogP contribution in [0.3, 0.4) is 0 Å². The van der Waals surface area contributed by atoms with Crippen LogP contribution in [0, 0.1) is 5.92 Å². The number of oxazole rings is 1. The monoisotopic (exact) mass is 263 g/mol. The molecule has 19 heavy (non-hydrogen) atoms. The number of carbonyl (C=O) groups excluding carboxylic acids is 1. The van der Waals surface area contributed by atoms with Crippen LogP contribution in [0.2, 0.25) is 0 Å². The van der Waals surface area contributed by atoms with E-state index in [1.165, 1.54) is 0 Å². The molecule has 0 fully saturated rings. The Bertz CT molecular complexity index is 629. The molecule has 102 valence electrons. The first-order valence-electron chi connectivity index (χ1n) is 6.19. The summed E-state index contributed by atoms with van der Waals surface area (Å²) in [6, 6.07) is 5.30. The van der Waals surface area contributed by atoms with Crippen LogP contribution in [-0.2, 0) is 11.3 Å². The van der Waals surface area contributed by atoms with Gasteiger partial charge in [0.2, 0.25) is 5.91 Å². The van der Waals surface area contributed by atoms with Gasteiger partial charge >= 0.3 is 5.76 Å². The average molecular weight is 263 g/mol. The number of aromatic nitrogens is 1. The van der Waals surface area contributed by atoms with Gasteiger partial charge < -0.3 is 15.5 Å². The smallest absolute Gasteiger partial charge is 0.408 e. The molecular weight excluding hydrogens is 246 g/mol. The third-order valence-electron chi connectivity index (χ3n) is 3.00. The lowest BCUT2D eigenvalue weighted by atomic mass is 10.1. The summed E-state index contributed by atoms with van der Waals surface area (Å²) in [6.45, 7) is 2.76. The number of H-pyrrole nitrogens is 1. The van der Waals surface area contributed by atoms with Crippen molar-refractivity contribution >= 4 is 17.0 Å². The highest BCUT2D eigenvalue weighted by atomic mass is 16.4. The highest BCUT2D eigenvalue weighted by molar-refractivity contribution is 5.78. The van der Waals surface area contributed by atoms with Crippen molar-refractivity contribution in [2.24, 2.45) is 11.7 Å². The lowest BCUT2D eigenvalue weighted by Gasteiger charge is -2.10. The van der Waals surface area contributed by atoms with E-state index in [1.54, 1.807) is 12.1 Å². The van der Waals surface area contributed by atoms with Crippen molar-refractivity contribution in [1.82, 2.24) is 10.3 Å². The molecule has 6 heteroatoms. The fourth-order valence-corrected chi connectivity index (χ4v) is 1.85. The van der Waals surface area contributed by atoms with Crippen LogP contribution in [0.4, 0.5) is 0 Å². The number of amides is 1. The zero-order valence-electron chi connectivity index (χ0n) is 10.7. The molecule has 0 bridgehead atoms. The Kier molecular flexibility index (Phi) is 4.01. The minimum atomic E-state index is -0.479. The standard InChI is InChI=1S/C13H17N3O3/c1-8(4-5-14)12(17)15-7-9-2-3-11-10(6-9)16-13(18)19-11/h2-3,6,8H,4-5,7,14H2,1H3,(H,15,17)(H,16,18).